The van der Waals surface area contributed by atoms with Crippen LogP contribution in [-0.2, 0) is 9.59 Å². The summed E-state index contributed by atoms with van der Waals surface area (Å²) in [4.78, 5) is 24.3. The van der Waals surface area contributed by atoms with Crippen LogP contribution >= 0.6 is 0 Å². The quantitative estimate of drug-likeness (QED) is 0.776. The second-order valence-electron chi connectivity index (χ2n) is 9.37. The second kappa shape index (κ2) is 5.47. The van der Waals surface area contributed by atoms with Crippen molar-refractivity contribution in [1.82, 2.24) is 10.6 Å². The van der Waals surface area contributed by atoms with E-state index in [2.05, 4.69) is 24.5 Å². The molecule has 2 N–H and O–H groups in total. The van der Waals surface area contributed by atoms with Gasteiger partial charge in [0.25, 0.3) is 0 Å². The zero-order valence-corrected chi connectivity index (χ0v) is 15.4. The van der Waals surface area contributed by atoms with Crippen molar-refractivity contribution >= 4 is 11.8 Å². The molecule has 0 aromatic carbocycles. The lowest BCUT2D eigenvalue weighted by Gasteiger charge is -2.60. The fraction of sp³-hybridized carbons (Fsp3) is 0.900. The van der Waals surface area contributed by atoms with Crippen LogP contribution in [0.3, 0.4) is 0 Å². The third-order valence-corrected chi connectivity index (χ3v) is 8.66. The summed E-state index contributed by atoms with van der Waals surface area (Å²) in [5.74, 6) is 2.85. The van der Waals surface area contributed by atoms with Crippen LogP contribution < -0.4 is 10.6 Å². The third kappa shape index (κ3) is 2.10. The number of carbonyl (C=O) groups is 2. The minimum Gasteiger partial charge on any atom is -0.359 e. The zero-order valence-electron chi connectivity index (χ0n) is 15.4. The Morgan fingerprint density at radius 2 is 1.79 bits per heavy atom. The van der Waals surface area contributed by atoms with E-state index in [1.807, 2.05) is 0 Å². The molecule has 4 aliphatic rings. The lowest BCUT2D eigenvalue weighted by Crippen LogP contribution is -2.61. The topological polar surface area (TPSA) is 58.2 Å². The largest absolute Gasteiger partial charge is 0.359 e. The van der Waals surface area contributed by atoms with Gasteiger partial charge in [0.05, 0.1) is 0 Å². The average Bonchev–Trinajstić information content (AvgIpc) is 2.92. The van der Waals surface area contributed by atoms with Crippen LogP contribution in [0.5, 0.6) is 0 Å². The fourth-order valence-electron chi connectivity index (χ4n) is 7.31. The van der Waals surface area contributed by atoms with Crippen molar-refractivity contribution in [3.8, 4) is 0 Å². The Morgan fingerprint density at radius 3 is 2.54 bits per heavy atom. The van der Waals surface area contributed by atoms with Gasteiger partial charge in [-0.3, -0.25) is 9.59 Å². The van der Waals surface area contributed by atoms with E-state index < -0.39 is 0 Å². The van der Waals surface area contributed by atoms with Gasteiger partial charge in [-0.25, -0.2) is 0 Å². The van der Waals surface area contributed by atoms with E-state index in [0.29, 0.717) is 18.4 Å². The predicted octanol–water partition coefficient (Wildman–Crippen LogP) is 2.87. The molecule has 6 unspecified atom stereocenters. The van der Waals surface area contributed by atoms with Crippen LogP contribution in [0.25, 0.3) is 0 Å². The van der Waals surface area contributed by atoms with Gasteiger partial charge < -0.3 is 10.6 Å². The molecule has 0 bridgehead atoms. The van der Waals surface area contributed by atoms with E-state index in [4.69, 9.17) is 0 Å². The minimum atomic E-state index is 0.183. The number of piperidine rings is 1. The standard InChI is InChI=1S/C20H32N2O2/c1-19-10-8-14-12(13(19)5-6-15(19)18(24)21-3)4-7-16-20(14,2)11-9-17(23)22-16/h12-16H,4-11H2,1-3H3,(H,21,24)(H,22,23)/t12?,13?,14?,15-,16?,19?,20?/m1/s1. The molecule has 1 aliphatic heterocycles. The number of fused-ring (bicyclic) bond motifs is 5. The van der Waals surface area contributed by atoms with E-state index in [-0.39, 0.29) is 28.6 Å². The van der Waals surface area contributed by atoms with Gasteiger partial charge in [-0.2, -0.15) is 0 Å². The van der Waals surface area contributed by atoms with Gasteiger partial charge in [0.1, 0.15) is 0 Å². The molecule has 4 fully saturated rings. The highest BCUT2D eigenvalue weighted by atomic mass is 16.2. The summed E-state index contributed by atoms with van der Waals surface area (Å²) in [7, 11) is 1.78. The molecular weight excluding hydrogens is 300 g/mol. The summed E-state index contributed by atoms with van der Waals surface area (Å²) in [6.45, 7) is 4.82. The molecule has 1 heterocycles. The normalized spacial score (nSPS) is 50.3. The molecule has 3 saturated carbocycles. The Bertz CT molecular complexity index is 562. The van der Waals surface area contributed by atoms with Gasteiger partial charge in [-0.1, -0.05) is 13.8 Å². The summed E-state index contributed by atoms with van der Waals surface area (Å²) in [5, 5.41) is 6.20. The van der Waals surface area contributed by atoms with Crippen LogP contribution in [0, 0.1) is 34.5 Å². The van der Waals surface area contributed by atoms with Crippen LogP contribution in [0.15, 0.2) is 0 Å². The molecule has 4 heteroatoms. The minimum absolute atomic E-state index is 0.183. The van der Waals surface area contributed by atoms with E-state index in [9.17, 15) is 9.59 Å². The second-order valence-corrected chi connectivity index (χ2v) is 9.37. The Labute approximate surface area is 145 Å². The van der Waals surface area contributed by atoms with Crippen LogP contribution in [0.4, 0.5) is 0 Å². The van der Waals surface area contributed by atoms with Gasteiger partial charge in [0.2, 0.25) is 11.8 Å². The van der Waals surface area contributed by atoms with Gasteiger partial charge in [0.15, 0.2) is 0 Å². The van der Waals surface area contributed by atoms with Gasteiger partial charge >= 0.3 is 0 Å². The molecule has 2 amide bonds. The molecule has 3 aliphatic carbocycles. The summed E-state index contributed by atoms with van der Waals surface area (Å²) in [5.41, 5.74) is 0.450. The molecule has 0 aromatic rings. The lowest BCUT2D eigenvalue weighted by molar-refractivity contribution is -0.141. The van der Waals surface area contributed by atoms with Gasteiger partial charge in [-0.05, 0) is 73.5 Å². The van der Waals surface area contributed by atoms with Crippen molar-refractivity contribution in [3.63, 3.8) is 0 Å². The molecule has 1 saturated heterocycles. The monoisotopic (exact) mass is 332 g/mol. The molecule has 0 aromatic heterocycles. The van der Waals surface area contributed by atoms with Crippen molar-refractivity contribution in [2.24, 2.45) is 34.5 Å². The van der Waals surface area contributed by atoms with Crippen molar-refractivity contribution in [1.29, 1.82) is 0 Å². The molecular formula is C20H32N2O2. The van der Waals surface area contributed by atoms with Crippen molar-refractivity contribution in [2.75, 3.05) is 7.05 Å². The summed E-state index contributed by atoms with van der Waals surface area (Å²) < 4.78 is 0. The molecule has 4 nitrogen and oxygen atoms in total. The molecule has 24 heavy (non-hydrogen) atoms. The Kier molecular flexibility index (Phi) is 3.74. The SMILES string of the molecule is CNC(=O)[C@H]1CCC2C3CCC4NC(=O)CCC4(C)C3CCC21C. The van der Waals surface area contributed by atoms with Crippen LogP contribution in [0.1, 0.15) is 65.2 Å². The number of hydrogen-bond acceptors (Lipinski definition) is 2. The maximum Gasteiger partial charge on any atom is 0.223 e. The molecule has 134 valence electrons. The highest BCUT2D eigenvalue weighted by molar-refractivity contribution is 5.79. The average molecular weight is 332 g/mol. The highest BCUT2D eigenvalue weighted by Gasteiger charge is 2.61. The van der Waals surface area contributed by atoms with Gasteiger partial charge in [-0.15, -0.1) is 0 Å². The number of carbonyl (C=O) groups excluding carboxylic acids is 2. The number of rotatable bonds is 1. The highest BCUT2D eigenvalue weighted by Crippen LogP contribution is 2.65. The molecule has 4 rings (SSSR count). The van der Waals surface area contributed by atoms with E-state index in [1.165, 1.54) is 25.7 Å². The first-order chi connectivity index (χ1) is 11.4. The maximum atomic E-state index is 12.4. The number of nitrogens with one attached hydrogen (secondary N) is 2. The predicted molar refractivity (Wildman–Crippen MR) is 93.1 cm³/mol. The van der Waals surface area contributed by atoms with E-state index in [0.717, 1.165) is 31.1 Å². The first kappa shape index (κ1) is 16.4. The van der Waals surface area contributed by atoms with E-state index >= 15 is 0 Å². The number of amides is 2. The zero-order chi connectivity index (χ0) is 17.1. The third-order valence-electron chi connectivity index (χ3n) is 8.66. The van der Waals surface area contributed by atoms with E-state index in [1.54, 1.807) is 7.05 Å². The molecule has 0 spiro atoms. The van der Waals surface area contributed by atoms with Gasteiger partial charge in [0, 0.05) is 25.4 Å². The first-order valence-electron chi connectivity index (χ1n) is 9.91. The molecule has 0 radical (unpaired) electrons. The smallest absolute Gasteiger partial charge is 0.223 e. The summed E-state index contributed by atoms with van der Waals surface area (Å²) >= 11 is 0. The Morgan fingerprint density at radius 1 is 1.04 bits per heavy atom. The number of hydrogen-bond donors (Lipinski definition) is 2. The van der Waals surface area contributed by atoms with Crippen LogP contribution in [0.2, 0.25) is 0 Å². The Hall–Kier alpha value is -1.06. The van der Waals surface area contributed by atoms with Crippen molar-refractivity contribution in [3.05, 3.63) is 0 Å². The lowest BCUT2D eigenvalue weighted by atomic mass is 9.47. The fourth-order valence-corrected chi connectivity index (χ4v) is 7.31. The maximum absolute atomic E-state index is 12.4. The Balaban J connectivity index is 1.61. The summed E-state index contributed by atoms with van der Waals surface area (Å²) in [6, 6.07) is 0.375. The first-order valence-corrected chi connectivity index (χ1v) is 9.91. The van der Waals surface area contributed by atoms with Crippen molar-refractivity contribution in [2.45, 2.75) is 71.3 Å². The van der Waals surface area contributed by atoms with Crippen LogP contribution in [-0.4, -0.2) is 24.9 Å². The molecule has 7 atom stereocenters. The van der Waals surface area contributed by atoms with Crippen molar-refractivity contribution < 1.29 is 9.59 Å². The summed E-state index contributed by atoms with van der Waals surface area (Å²) in [6.07, 6.45) is 8.77.